The van der Waals surface area contributed by atoms with Crippen LogP contribution in [0.5, 0.6) is 11.5 Å². The number of rotatable bonds is 16. The molecule has 0 atom stereocenters. The summed E-state index contributed by atoms with van der Waals surface area (Å²) in [5.41, 5.74) is 0.995. The average Bonchev–Trinajstić information content (AvgIpc) is 2.98. The Hall–Kier alpha value is -3.04. The molecule has 2 aromatic rings. The van der Waals surface area contributed by atoms with Crippen molar-refractivity contribution in [1.82, 2.24) is 9.80 Å². The minimum Gasteiger partial charge on any atom is -0.492 e. The predicted octanol–water partition coefficient (Wildman–Crippen LogP) is 5.70. The summed E-state index contributed by atoms with van der Waals surface area (Å²) in [7, 11) is 0. The van der Waals surface area contributed by atoms with Gasteiger partial charge in [-0.3, -0.25) is 9.59 Å². The summed E-state index contributed by atoms with van der Waals surface area (Å²) in [6, 6.07) is 14.1. The van der Waals surface area contributed by atoms with E-state index in [2.05, 4.69) is 48.1 Å². The zero-order valence-electron chi connectivity index (χ0n) is 23.6. The van der Waals surface area contributed by atoms with Crippen molar-refractivity contribution in [1.29, 1.82) is 0 Å². The molecule has 3 rings (SSSR count). The SMILES string of the molecule is CCN(CC)CCOc1ccc(NC2=C(Cl)C(=O)C(Nc3ccc(OCCN(CC)CC)cc3)=C(Cl)C2=O)cc1. The first-order valence-electron chi connectivity index (χ1n) is 13.6. The summed E-state index contributed by atoms with van der Waals surface area (Å²) in [6.45, 7) is 15.2. The topological polar surface area (TPSA) is 83.1 Å². The van der Waals surface area contributed by atoms with Gasteiger partial charge in [0, 0.05) is 24.5 Å². The first-order chi connectivity index (χ1) is 19.3. The number of halogens is 2. The number of likely N-dealkylation sites (N-methyl/N-ethyl adjacent to an activating group) is 2. The molecule has 10 heteroatoms. The van der Waals surface area contributed by atoms with E-state index < -0.39 is 11.6 Å². The molecule has 0 heterocycles. The molecule has 0 spiro atoms. The van der Waals surface area contributed by atoms with Gasteiger partial charge in [-0.15, -0.1) is 0 Å². The van der Waals surface area contributed by atoms with Crippen LogP contribution < -0.4 is 20.1 Å². The molecule has 0 aliphatic heterocycles. The lowest BCUT2D eigenvalue weighted by molar-refractivity contribution is -0.115. The summed E-state index contributed by atoms with van der Waals surface area (Å²) >= 11 is 12.7. The highest BCUT2D eigenvalue weighted by atomic mass is 35.5. The predicted molar refractivity (Wildman–Crippen MR) is 162 cm³/mol. The first kappa shape index (κ1) is 31.5. The number of Topliss-reactive ketones (excluding diaryl/α,β-unsaturated/α-hetero) is 2. The Bertz CT molecular complexity index is 1110. The van der Waals surface area contributed by atoms with Gasteiger partial charge in [-0.25, -0.2) is 0 Å². The standard InChI is InChI=1S/C30H38Cl2N4O4/c1-5-35(6-2)17-19-39-23-13-9-21(10-14-23)33-27-25(31)30(38)28(26(32)29(27)37)34-22-11-15-24(16-12-22)40-20-18-36(7-3)8-4/h9-16,33-34H,5-8,17-20H2,1-4H3. The monoisotopic (exact) mass is 588 g/mol. The van der Waals surface area contributed by atoms with Gasteiger partial charge < -0.3 is 29.9 Å². The number of hydrogen-bond donors (Lipinski definition) is 2. The van der Waals surface area contributed by atoms with Crippen LogP contribution in [0.3, 0.4) is 0 Å². The Morgan fingerprint density at radius 3 is 1.23 bits per heavy atom. The molecule has 0 saturated carbocycles. The Kier molecular flexibility index (Phi) is 12.3. The van der Waals surface area contributed by atoms with E-state index in [0.29, 0.717) is 36.1 Å². The van der Waals surface area contributed by atoms with Crippen molar-refractivity contribution >= 4 is 46.1 Å². The molecule has 1 aliphatic rings. The molecule has 0 unspecified atom stereocenters. The van der Waals surface area contributed by atoms with Gasteiger partial charge in [0.25, 0.3) is 0 Å². The van der Waals surface area contributed by atoms with Crippen LogP contribution in [0.25, 0.3) is 0 Å². The van der Waals surface area contributed by atoms with E-state index in [9.17, 15) is 9.59 Å². The molecule has 40 heavy (non-hydrogen) atoms. The maximum Gasteiger partial charge on any atom is 0.224 e. The van der Waals surface area contributed by atoms with Gasteiger partial charge in [-0.1, -0.05) is 50.9 Å². The minimum atomic E-state index is -0.579. The van der Waals surface area contributed by atoms with Gasteiger partial charge in [0.1, 0.15) is 46.2 Å². The molecule has 0 bridgehead atoms. The van der Waals surface area contributed by atoms with Crippen LogP contribution in [0.15, 0.2) is 70.0 Å². The molecule has 0 fully saturated rings. The minimum absolute atomic E-state index is 0.0747. The highest BCUT2D eigenvalue weighted by Gasteiger charge is 2.33. The van der Waals surface area contributed by atoms with Crippen molar-refractivity contribution in [3.8, 4) is 11.5 Å². The second-order valence-corrected chi connectivity index (χ2v) is 9.84. The zero-order chi connectivity index (χ0) is 29.1. The molecule has 0 saturated heterocycles. The van der Waals surface area contributed by atoms with Gasteiger partial charge in [0.2, 0.25) is 11.6 Å². The molecule has 216 valence electrons. The number of ether oxygens (including phenoxy) is 2. The van der Waals surface area contributed by atoms with E-state index in [1.807, 2.05) is 0 Å². The summed E-state index contributed by atoms with van der Waals surface area (Å²) in [5.74, 6) is 0.247. The number of carbonyl (C=O) groups excluding carboxylic acids is 2. The first-order valence-corrected chi connectivity index (χ1v) is 14.4. The molecular formula is C30H38Cl2N4O4. The normalized spacial score (nSPS) is 13.9. The van der Waals surface area contributed by atoms with Crippen LogP contribution in [0, 0.1) is 0 Å². The number of anilines is 2. The van der Waals surface area contributed by atoms with Crippen LogP contribution in [-0.4, -0.2) is 73.8 Å². The van der Waals surface area contributed by atoms with Gasteiger partial charge >= 0.3 is 0 Å². The van der Waals surface area contributed by atoms with E-state index in [1.54, 1.807) is 48.5 Å². The lowest BCUT2D eigenvalue weighted by Gasteiger charge is -2.21. The number of nitrogens with one attached hydrogen (secondary N) is 2. The van der Waals surface area contributed by atoms with Crippen LogP contribution in [-0.2, 0) is 9.59 Å². The fourth-order valence-corrected chi connectivity index (χ4v) is 4.55. The van der Waals surface area contributed by atoms with Crippen LogP contribution in [0.1, 0.15) is 27.7 Å². The van der Waals surface area contributed by atoms with Gasteiger partial charge in [-0.2, -0.15) is 0 Å². The number of allylic oxidation sites excluding steroid dienone is 2. The molecule has 0 aromatic heterocycles. The van der Waals surface area contributed by atoms with Crippen molar-refractivity contribution < 1.29 is 19.1 Å². The summed E-state index contributed by atoms with van der Waals surface area (Å²) < 4.78 is 11.6. The Balaban J connectivity index is 1.60. The lowest BCUT2D eigenvalue weighted by atomic mass is 10.0. The molecule has 0 radical (unpaired) electrons. The van der Waals surface area contributed by atoms with Gasteiger partial charge in [0.05, 0.1) is 0 Å². The number of benzene rings is 2. The maximum atomic E-state index is 13.1. The lowest BCUT2D eigenvalue weighted by Crippen LogP contribution is -2.28. The van der Waals surface area contributed by atoms with E-state index in [4.69, 9.17) is 32.7 Å². The van der Waals surface area contributed by atoms with E-state index >= 15 is 0 Å². The van der Waals surface area contributed by atoms with Crippen molar-refractivity contribution in [2.75, 3.05) is 63.1 Å². The third-order valence-corrected chi connectivity index (χ3v) is 7.40. The van der Waals surface area contributed by atoms with Crippen LogP contribution in [0.4, 0.5) is 11.4 Å². The fraction of sp³-hybridized carbons (Fsp3) is 0.400. The maximum absolute atomic E-state index is 13.1. The average molecular weight is 590 g/mol. The molecule has 2 aromatic carbocycles. The summed E-state index contributed by atoms with van der Waals surface area (Å²) in [4.78, 5) is 30.7. The largest absolute Gasteiger partial charge is 0.492 e. The zero-order valence-corrected chi connectivity index (χ0v) is 25.1. The van der Waals surface area contributed by atoms with Crippen molar-refractivity contribution in [2.45, 2.75) is 27.7 Å². The quantitative estimate of drug-likeness (QED) is 0.241. The molecule has 8 nitrogen and oxygen atoms in total. The number of hydrogen-bond acceptors (Lipinski definition) is 8. The number of carbonyl (C=O) groups is 2. The highest BCUT2D eigenvalue weighted by Crippen LogP contribution is 2.31. The Labute approximate surface area is 246 Å². The third kappa shape index (κ3) is 8.48. The second-order valence-electron chi connectivity index (χ2n) is 9.09. The number of ketones is 2. The second kappa shape index (κ2) is 15.7. The van der Waals surface area contributed by atoms with Gasteiger partial charge in [0.15, 0.2) is 0 Å². The van der Waals surface area contributed by atoms with E-state index in [1.165, 1.54) is 0 Å². The van der Waals surface area contributed by atoms with Crippen molar-refractivity contribution in [3.05, 3.63) is 70.0 Å². The van der Waals surface area contributed by atoms with Crippen LogP contribution in [0.2, 0.25) is 0 Å². The summed E-state index contributed by atoms with van der Waals surface area (Å²) in [6.07, 6.45) is 0. The van der Waals surface area contributed by atoms with E-state index in [-0.39, 0.29) is 21.5 Å². The highest BCUT2D eigenvalue weighted by molar-refractivity contribution is 6.56. The van der Waals surface area contributed by atoms with E-state index in [0.717, 1.165) is 39.3 Å². The van der Waals surface area contributed by atoms with Crippen LogP contribution >= 0.6 is 23.2 Å². The Morgan fingerprint density at radius 2 is 0.925 bits per heavy atom. The molecule has 0 amide bonds. The van der Waals surface area contributed by atoms with Crippen molar-refractivity contribution in [2.24, 2.45) is 0 Å². The fourth-order valence-electron chi connectivity index (χ4n) is 4.09. The Morgan fingerprint density at radius 1 is 0.600 bits per heavy atom. The third-order valence-electron chi connectivity index (χ3n) is 6.68. The molecule has 1 aliphatic carbocycles. The number of nitrogens with zero attached hydrogens (tertiary/aromatic N) is 2. The molecular weight excluding hydrogens is 551 g/mol. The summed E-state index contributed by atoms with van der Waals surface area (Å²) in [5, 5.41) is 5.39. The van der Waals surface area contributed by atoms with Gasteiger partial charge in [-0.05, 0) is 74.7 Å². The van der Waals surface area contributed by atoms with Crippen molar-refractivity contribution in [3.63, 3.8) is 0 Å². The molecule has 2 N–H and O–H groups in total. The smallest absolute Gasteiger partial charge is 0.224 e.